The topological polar surface area (TPSA) is 36.9 Å². The van der Waals surface area contributed by atoms with Gasteiger partial charge in [-0.15, -0.1) is 0 Å². The molecule has 194 valence electrons. The van der Waals surface area contributed by atoms with Gasteiger partial charge in [0.05, 0.1) is 26.4 Å². The maximum atomic E-state index is 6.03. The predicted molar refractivity (Wildman–Crippen MR) is 156 cm³/mol. The van der Waals surface area contributed by atoms with E-state index in [-0.39, 0.29) is 0 Å². The van der Waals surface area contributed by atoms with E-state index in [4.69, 9.17) is 41.7 Å². The minimum atomic E-state index is -2.12. The summed E-state index contributed by atoms with van der Waals surface area (Å²) in [4.78, 5) is 0. The molecule has 10 heteroatoms. The maximum absolute atomic E-state index is 6.03. The molecule has 4 nitrogen and oxygen atoms in total. The molecule has 0 fully saturated rings. The molecule has 0 heterocycles. The van der Waals surface area contributed by atoms with E-state index in [0.29, 0.717) is 0 Å². The molecule has 0 amide bonds. The highest BCUT2D eigenvalue weighted by Gasteiger charge is 2.19. The van der Waals surface area contributed by atoms with Gasteiger partial charge in [0, 0.05) is 23.8 Å². The van der Waals surface area contributed by atoms with Gasteiger partial charge in [0.2, 0.25) is 0 Å². The van der Waals surface area contributed by atoms with Crippen molar-refractivity contribution in [1.29, 1.82) is 0 Å². The highest BCUT2D eigenvalue weighted by atomic mass is 33.1. The van der Waals surface area contributed by atoms with Gasteiger partial charge in [0.25, 0.3) is 0 Å². The molecule has 0 unspecified atom stereocenters. The Labute approximate surface area is 217 Å². The Morgan fingerprint density at radius 1 is 0.500 bits per heavy atom. The summed E-state index contributed by atoms with van der Waals surface area (Å²) in [5, 5.41) is 0. The highest BCUT2D eigenvalue weighted by molar-refractivity contribution is 8.76. The third kappa shape index (κ3) is 20.1. The average Bonchev–Trinajstić information content (AvgIpc) is 2.76. The third-order valence-electron chi connectivity index (χ3n) is 4.55. The van der Waals surface area contributed by atoms with Gasteiger partial charge in [-0.05, 0) is 62.1 Å². The summed E-state index contributed by atoms with van der Waals surface area (Å²) >= 11 is 11.6. The van der Waals surface area contributed by atoms with Crippen molar-refractivity contribution < 1.29 is 18.1 Å². The molecule has 0 atom stereocenters. The average molecular weight is 567 g/mol. The second-order valence-corrected chi connectivity index (χ2v) is 18.2. The van der Waals surface area contributed by atoms with Crippen LogP contribution in [0.1, 0.15) is 91.9 Å². The number of unbranched alkanes of at least 4 members (excludes halogenated alkanes) is 4. The minimum Gasteiger partial charge on any atom is -0.329 e. The number of hydrogen-bond acceptors (Lipinski definition) is 8. The van der Waals surface area contributed by atoms with Gasteiger partial charge in [0.15, 0.2) is 13.0 Å². The van der Waals surface area contributed by atoms with E-state index in [2.05, 4.69) is 27.7 Å². The van der Waals surface area contributed by atoms with E-state index in [1.54, 1.807) is 0 Å². The summed E-state index contributed by atoms with van der Waals surface area (Å²) in [5.74, 6) is 2.15. The van der Waals surface area contributed by atoms with Crippen LogP contribution in [0.25, 0.3) is 0 Å². The first-order chi connectivity index (χ1) is 15.4. The SMILES string of the molecule is CCCCOP(=S)(CCCSSCCCP(=S)(OCCCC)OCCCC)OCCCC. The van der Waals surface area contributed by atoms with E-state index in [0.717, 1.165) is 114 Å². The van der Waals surface area contributed by atoms with Crippen LogP contribution in [0.15, 0.2) is 0 Å². The van der Waals surface area contributed by atoms with Crippen molar-refractivity contribution in [3.63, 3.8) is 0 Å². The highest BCUT2D eigenvalue weighted by Crippen LogP contribution is 2.51. The van der Waals surface area contributed by atoms with Gasteiger partial charge in [0.1, 0.15) is 0 Å². The van der Waals surface area contributed by atoms with Crippen LogP contribution < -0.4 is 0 Å². The lowest BCUT2D eigenvalue weighted by atomic mass is 10.4. The first kappa shape index (κ1) is 33.8. The zero-order valence-electron chi connectivity index (χ0n) is 20.9. The number of rotatable bonds is 25. The fourth-order valence-corrected chi connectivity index (χ4v) is 10.1. The standard InChI is InChI=1S/C22H48O4P2S4/c1-5-9-15-23-27(29,24-16-10-6-2)19-13-21-31-32-22-14-20-28(30,25-17-11-7-3)26-18-12-8-4/h5-22H2,1-4H3. The summed E-state index contributed by atoms with van der Waals surface area (Å²) in [6, 6.07) is 0. The molecule has 32 heavy (non-hydrogen) atoms. The van der Waals surface area contributed by atoms with Crippen molar-refractivity contribution in [3.05, 3.63) is 0 Å². The molecule has 0 saturated heterocycles. The van der Waals surface area contributed by atoms with Crippen LogP contribution in [0.4, 0.5) is 0 Å². The lowest BCUT2D eigenvalue weighted by Gasteiger charge is -2.22. The molecule has 0 saturated carbocycles. The van der Waals surface area contributed by atoms with E-state index in [1.165, 1.54) is 0 Å². The zero-order chi connectivity index (χ0) is 24.0. The Hall–Kier alpha value is 1.84. The summed E-state index contributed by atoms with van der Waals surface area (Å²) in [6.07, 6.45) is 12.5. The molecule has 0 radical (unpaired) electrons. The van der Waals surface area contributed by atoms with Crippen molar-refractivity contribution >= 4 is 58.2 Å². The second-order valence-electron chi connectivity index (χ2n) is 7.77. The van der Waals surface area contributed by atoms with Crippen molar-refractivity contribution in [2.75, 3.05) is 50.3 Å². The van der Waals surface area contributed by atoms with Crippen LogP contribution in [0.3, 0.4) is 0 Å². The van der Waals surface area contributed by atoms with Crippen molar-refractivity contribution in [2.24, 2.45) is 0 Å². The number of hydrogen-bond donors (Lipinski definition) is 0. The van der Waals surface area contributed by atoms with Gasteiger partial charge < -0.3 is 18.1 Å². The smallest absolute Gasteiger partial charge is 0.188 e. The molecule has 0 aromatic heterocycles. The van der Waals surface area contributed by atoms with Crippen LogP contribution in [0, 0.1) is 0 Å². The lowest BCUT2D eigenvalue weighted by Crippen LogP contribution is -2.04. The van der Waals surface area contributed by atoms with Gasteiger partial charge in [-0.25, -0.2) is 0 Å². The van der Waals surface area contributed by atoms with E-state index >= 15 is 0 Å². The Morgan fingerprint density at radius 2 is 0.781 bits per heavy atom. The molecule has 0 aromatic rings. The second kappa shape index (κ2) is 23.3. The van der Waals surface area contributed by atoms with Gasteiger partial charge in [-0.3, -0.25) is 0 Å². The quantitative estimate of drug-likeness (QED) is 0.0615. The Kier molecular flexibility index (Phi) is 24.6. The predicted octanol–water partition coefficient (Wildman–Crippen LogP) is 9.03. The van der Waals surface area contributed by atoms with Crippen LogP contribution in [0.2, 0.25) is 0 Å². The molecule has 0 aliphatic carbocycles. The van der Waals surface area contributed by atoms with Crippen molar-refractivity contribution in [2.45, 2.75) is 91.9 Å². The van der Waals surface area contributed by atoms with Crippen LogP contribution in [-0.4, -0.2) is 50.3 Å². The molecular formula is C22H48O4P2S4. The first-order valence-corrected chi connectivity index (χ1v) is 20.6. The Bertz CT molecular complexity index is 440. The lowest BCUT2D eigenvalue weighted by molar-refractivity contribution is 0.240. The summed E-state index contributed by atoms with van der Waals surface area (Å²) in [5.41, 5.74) is 0. The molecule has 0 rings (SSSR count). The normalized spacial score (nSPS) is 12.5. The van der Waals surface area contributed by atoms with Gasteiger partial charge in [-0.2, -0.15) is 0 Å². The monoisotopic (exact) mass is 566 g/mol. The summed E-state index contributed by atoms with van der Waals surface area (Å²) in [6.45, 7) is 7.37. The minimum absolute atomic E-state index is 0.731. The van der Waals surface area contributed by atoms with Gasteiger partial charge in [-0.1, -0.05) is 75.0 Å². The van der Waals surface area contributed by atoms with E-state index in [1.807, 2.05) is 21.6 Å². The van der Waals surface area contributed by atoms with Crippen LogP contribution in [0.5, 0.6) is 0 Å². The zero-order valence-corrected chi connectivity index (χ0v) is 25.9. The molecular weight excluding hydrogens is 518 g/mol. The molecule has 0 spiro atoms. The van der Waals surface area contributed by atoms with Crippen LogP contribution in [-0.2, 0) is 41.7 Å². The largest absolute Gasteiger partial charge is 0.329 e. The van der Waals surface area contributed by atoms with Gasteiger partial charge >= 0.3 is 0 Å². The fraction of sp³-hybridized carbons (Fsp3) is 1.00. The first-order valence-electron chi connectivity index (χ1n) is 12.5. The molecule has 0 aromatic carbocycles. The summed E-state index contributed by atoms with van der Waals surface area (Å²) in [7, 11) is 3.84. The van der Waals surface area contributed by atoms with E-state index < -0.39 is 13.0 Å². The maximum Gasteiger partial charge on any atom is 0.188 e. The molecule has 0 N–H and O–H groups in total. The van der Waals surface area contributed by atoms with Crippen LogP contribution >= 0.6 is 34.6 Å². The third-order valence-corrected chi connectivity index (χ3v) is 13.5. The molecule has 0 bridgehead atoms. The summed E-state index contributed by atoms with van der Waals surface area (Å²) < 4.78 is 24.1. The molecule has 0 aliphatic rings. The van der Waals surface area contributed by atoms with Crippen molar-refractivity contribution in [1.82, 2.24) is 0 Å². The molecule has 0 aliphatic heterocycles. The van der Waals surface area contributed by atoms with Crippen molar-refractivity contribution in [3.8, 4) is 0 Å². The van der Waals surface area contributed by atoms with E-state index in [9.17, 15) is 0 Å². The Balaban J connectivity index is 4.13. The fourth-order valence-electron chi connectivity index (χ4n) is 2.48. The Morgan fingerprint density at radius 3 is 1.03 bits per heavy atom.